The molecule has 1 N–H and O–H groups in total. The molecular formula is C20H23ClN2O5S2. The van der Waals surface area contributed by atoms with Crippen molar-refractivity contribution in [2.45, 2.75) is 11.8 Å². The molecule has 1 aliphatic heterocycles. The molecule has 7 nitrogen and oxygen atoms in total. The van der Waals surface area contributed by atoms with Crippen molar-refractivity contribution in [3.05, 3.63) is 47.5 Å². The van der Waals surface area contributed by atoms with E-state index in [9.17, 15) is 13.2 Å². The third-order valence-corrected chi connectivity index (χ3v) is 7.31. The van der Waals surface area contributed by atoms with Gasteiger partial charge in [0.1, 0.15) is 19.8 Å². The molecule has 1 heterocycles. The average Bonchev–Trinajstić information content (AvgIpc) is 2.76. The van der Waals surface area contributed by atoms with E-state index < -0.39 is 10.0 Å². The number of carbonyl (C=O) groups excluding carboxylic acids is 1. The minimum atomic E-state index is -3.65. The normalized spacial score (nSPS) is 13.0. The second-order valence-corrected chi connectivity index (χ2v) is 10.2. The Labute approximate surface area is 185 Å². The smallest absolute Gasteiger partial charge is 0.240 e. The van der Waals surface area contributed by atoms with E-state index in [-0.39, 0.29) is 18.2 Å². The average molecular weight is 471 g/mol. The van der Waals surface area contributed by atoms with Gasteiger partial charge in [-0.15, -0.1) is 11.8 Å². The standard InChI is InChI=1S/C20H23ClN2O5S2/c1-2-30(25,26)23(16-5-8-18-19(13-16)28-11-10-27-18)14-20(24)22-9-12-29-17-6-3-15(21)4-7-17/h3-8,13H,2,9-12,14H2,1H3,(H,22,24). The number of carbonyl (C=O) groups is 1. The summed E-state index contributed by atoms with van der Waals surface area (Å²) in [6.07, 6.45) is 0. The molecule has 3 rings (SSSR count). The molecule has 0 aromatic heterocycles. The molecule has 0 fully saturated rings. The highest BCUT2D eigenvalue weighted by Crippen LogP contribution is 2.34. The molecular weight excluding hydrogens is 448 g/mol. The predicted molar refractivity (Wildman–Crippen MR) is 119 cm³/mol. The molecule has 30 heavy (non-hydrogen) atoms. The fraction of sp³-hybridized carbons (Fsp3) is 0.350. The molecule has 0 spiro atoms. The van der Waals surface area contributed by atoms with Crippen LogP contribution in [0.15, 0.2) is 47.4 Å². The van der Waals surface area contributed by atoms with Gasteiger partial charge in [0.15, 0.2) is 11.5 Å². The highest BCUT2D eigenvalue weighted by molar-refractivity contribution is 7.99. The summed E-state index contributed by atoms with van der Waals surface area (Å²) in [6, 6.07) is 12.3. The van der Waals surface area contributed by atoms with Crippen LogP contribution in [-0.2, 0) is 14.8 Å². The van der Waals surface area contributed by atoms with Crippen LogP contribution in [0.4, 0.5) is 5.69 Å². The van der Waals surface area contributed by atoms with Crippen molar-refractivity contribution in [3.8, 4) is 11.5 Å². The van der Waals surface area contributed by atoms with Crippen LogP contribution < -0.4 is 19.1 Å². The Morgan fingerprint density at radius 3 is 2.53 bits per heavy atom. The van der Waals surface area contributed by atoms with E-state index >= 15 is 0 Å². The predicted octanol–water partition coefficient (Wildman–Crippen LogP) is 3.18. The third kappa shape index (κ3) is 5.96. The van der Waals surface area contributed by atoms with Gasteiger partial charge in [-0.25, -0.2) is 8.42 Å². The Kier molecular flexibility index (Phi) is 7.74. The fourth-order valence-corrected chi connectivity index (χ4v) is 4.72. The van der Waals surface area contributed by atoms with Crippen LogP contribution in [0, 0.1) is 0 Å². The largest absolute Gasteiger partial charge is 0.486 e. The SMILES string of the molecule is CCS(=O)(=O)N(CC(=O)NCCSc1ccc(Cl)cc1)c1ccc2c(c1)OCCO2. The van der Waals surface area contributed by atoms with E-state index in [2.05, 4.69) is 5.32 Å². The lowest BCUT2D eigenvalue weighted by Gasteiger charge is -2.25. The molecule has 0 radical (unpaired) electrons. The van der Waals surface area contributed by atoms with Gasteiger partial charge in [-0.2, -0.15) is 0 Å². The first-order chi connectivity index (χ1) is 14.4. The van der Waals surface area contributed by atoms with E-state index in [1.165, 1.54) is 0 Å². The minimum Gasteiger partial charge on any atom is -0.486 e. The molecule has 162 valence electrons. The molecule has 10 heteroatoms. The number of thioether (sulfide) groups is 1. The summed E-state index contributed by atoms with van der Waals surface area (Å²) in [6.45, 7) is 2.48. The Bertz CT molecular complexity index is 983. The van der Waals surface area contributed by atoms with Gasteiger partial charge in [-0.05, 0) is 43.3 Å². The number of hydrogen-bond donors (Lipinski definition) is 1. The van der Waals surface area contributed by atoms with E-state index in [0.717, 1.165) is 9.20 Å². The second kappa shape index (κ2) is 10.3. The van der Waals surface area contributed by atoms with E-state index in [0.29, 0.717) is 47.7 Å². The molecule has 0 bridgehead atoms. The third-order valence-electron chi connectivity index (χ3n) is 4.31. The van der Waals surface area contributed by atoms with Gasteiger partial charge < -0.3 is 14.8 Å². The molecule has 2 aromatic carbocycles. The molecule has 0 unspecified atom stereocenters. The number of hydrogen-bond acceptors (Lipinski definition) is 6. The fourth-order valence-electron chi connectivity index (χ4n) is 2.77. The molecule has 1 amide bonds. The maximum Gasteiger partial charge on any atom is 0.240 e. The zero-order valence-electron chi connectivity index (χ0n) is 16.5. The first-order valence-electron chi connectivity index (χ1n) is 9.44. The van der Waals surface area contributed by atoms with Crippen molar-refractivity contribution >= 4 is 45.0 Å². The van der Waals surface area contributed by atoms with Gasteiger partial charge in [0.25, 0.3) is 0 Å². The van der Waals surface area contributed by atoms with Gasteiger partial charge >= 0.3 is 0 Å². The van der Waals surface area contributed by atoms with Crippen molar-refractivity contribution in [2.24, 2.45) is 0 Å². The summed E-state index contributed by atoms with van der Waals surface area (Å²) >= 11 is 7.44. The molecule has 0 aliphatic carbocycles. The summed E-state index contributed by atoms with van der Waals surface area (Å²) in [5.41, 5.74) is 0.367. The van der Waals surface area contributed by atoms with Crippen molar-refractivity contribution < 1.29 is 22.7 Å². The summed E-state index contributed by atoms with van der Waals surface area (Å²) in [5, 5.41) is 3.45. The quantitative estimate of drug-likeness (QED) is 0.447. The monoisotopic (exact) mass is 470 g/mol. The molecule has 2 aromatic rings. The van der Waals surface area contributed by atoms with Crippen LogP contribution in [0.1, 0.15) is 6.92 Å². The highest BCUT2D eigenvalue weighted by Gasteiger charge is 2.25. The lowest BCUT2D eigenvalue weighted by atomic mass is 10.2. The number of anilines is 1. The Balaban J connectivity index is 1.61. The number of rotatable bonds is 9. The number of amides is 1. The summed E-state index contributed by atoms with van der Waals surface area (Å²) in [5.74, 6) is 1.18. The number of nitrogens with zero attached hydrogens (tertiary/aromatic N) is 1. The molecule has 0 atom stereocenters. The highest BCUT2D eigenvalue weighted by atomic mass is 35.5. The summed E-state index contributed by atoms with van der Waals surface area (Å²) in [7, 11) is -3.65. The zero-order valence-corrected chi connectivity index (χ0v) is 18.9. The van der Waals surface area contributed by atoms with Gasteiger partial charge in [0.2, 0.25) is 15.9 Å². The van der Waals surface area contributed by atoms with Crippen LogP contribution in [0.5, 0.6) is 11.5 Å². The van der Waals surface area contributed by atoms with Crippen LogP contribution in [0.2, 0.25) is 5.02 Å². The number of sulfonamides is 1. The number of halogens is 1. The van der Waals surface area contributed by atoms with Gasteiger partial charge in [-0.1, -0.05) is 11.6 Å². The lowest BCUT2D eigenvalue weighted by molar-refractivity contribution is -0.119. The Morgan fingerprint density at radius 2 is 1.83 bits per heavy atom. The number of nitrogens with one attached hydrogen (secondary N) is 1. The Morgan fingerprint density at radius 1 is 1.13 bits per heavy atom. The maximum atomic E-state index is 12.6. The number of fused-ring (bicyclic) bond motifs is 1. The van der Waals surface area contributed by atoms with Crippen molar-refractivity contribution in [2.75, 3.05) is 42.1 Å². The van der Waals surface area contributed by atoms with Gasteiger partial charge in [0, 0.05) is 28.3 Å². The minimum absolute atomic E-state index is 0.124. The lowest BCUT2D eigenvalue weighted by Crippen LogP contribution is -2.42. The van der Waals surface area contributed by atoms with Gasteiger partial charge in [0.05, 0.1) is 11.4 Å². The van der Waals surface area contributed by atoms with Crippen LogP contribution in [0.25, 0.3) is 0 Å². The summed E-state index contributed by atoms with van der Waals surface area (Å²) < 4.78 is 37.3. The van der Waals surface area contributed by atoms with Crippen molar-refractivity contribution in [1.29, 1.82) is 0 Å². The first kappa shape index (κ1) is 22.6. The number of benzene rings is 2. The molecule has 0 saturated heterocycles. The second-order valence-electron chi connectivity index (χ2n) is 6.39. The van der Waals surface area contributed by atoms with E-state index in [1.807, 2.05) is 24.3 Å². The topological polar surface area (TPSA) is 84.9 Å². The van der Waals surface area contributed by atoms with Crippen molar-refractivity contribution in [3.63, 3.8) is 0 Å². The van der Waals surface area contributed by atoms with Crippen LogP contribution in [0.3, 0.4) is 0 Å². The zero-order chi connectivity index (χ0) is 21.6. The van der Waals surface area contributed by atoms with Crippen LogP contribution in [-0.4, -0.2) is 52.1 Å². The van der Waals surface area contributed by atoms with Gasteiger partial charge in [-0.3, -0.25) is 9.10 Å². The van der Waals surface area contributed by atoms with Crippen molar-refractivity contribution in [1.82, 2.24) is 5.32 Å². The molecule has 1 aliphatic rings. The molecule has 0 saturated carbocycles. The first-order valence-corrected chi connectivity index (χ1v) is 12.4. The van der Waals surface area contributed by atoms with Crippen LogP contribution >= 0.6 is 23.4 Å². The Hall–Kier alpha value is -2.10. The maximum absolute atomic E-state index is 12.6. The van der Waals surface area contributed by atoms with E-state index in [4.69, 9.17) is 21.1 Å². The number of ether oxygens (including phenoxy) is 2. The summed E-state index contributed by atoms with van der Waals surface area (Å²) in [4.78, 5) is 13.5. The van der Waals surface area contributed by atoms with E-state index in [1.54, 1.807) is 36.9 Å².